The second-order valence-electron chi connectivity index (χ2n) is 10.3. The number of nitrogens with zero attached hydrogens (tertiary/aromatic N) is 2. The van der Waals surface area contributed by atoms with Crippen molar-refractivity contribution in [2.45, 2.75) is 43.7 Å². The molecule has 2 heterocycles. The van der Waals surface area contributed by atoms with E-state index in [9.17, 15) is 23.1 Å². The van der Waals surface area contributed by atoms with Crippen molar-refractivity contribution >= 4 is 27.5 Å². The molecule has 4 rings (SSSR count). The molecule has 1 saturated heterocycles. The molecule has 2 aliphatic heterocycles. The van der Waals surface area contributed by atoms with E-state index in [4.69, 9.17) is 9.47 Å². The van der Waals surface area contributed by atoms with Gasteiger partial charge in [0.15, 0.2) is 5.75 Å². The highest BCUT2D eigenvalue weighted by Crippen LogP contribution is 2.36. The lowest BCUT2D eigenvalue weighted by molar-refractivity contribution is -0.122. The monoisotopic (exact) mass is 559 g/mol. The Bertz CT molecular complexity index is 1270. The molecule has 2 aliphatic rings. The van der Waals surface area contributed by atoms with E-state index in [0.29, 0.717) is 31.7 Å². The van der Waals surface area contributed by atoms with Gasteiger partial charge in [-0.05, 0) is 44.0 Å². The van der Waals surface area contributed by atoms with Gasteiger partial charge in [0.25, 0.3) is 5.91 Å². The third-order valence-corrected chi connectivity index (χ3v) is 9.27. The second-order valence-corrected chi connectivity index (χ2v) is 12.3. The number of anilines is 1. The number of para-hydroxylation sites is 1. The zero-order valence-corrected chi connectivity index (χ0v) is 23.4. The van der Waals surface area contributed by atoms with Crippen LogP contribution in [0.15, 0.2) is 53.4 Å². The Morgan fingerprint density at radius 1 is 1.15 bits per heavy atom. The van der Waals surface area contributed by atoms with E-state index >= 15 is 0 Å². The van der Waals surface area contributed by atoms with Gasteiger partial charge in [0.1, 0.15) is 6.10 Å². The van der Waals surface area contributed by atoms with Crippen molar-refractivity contribution in [3.8, 4) is 5.75 Å². The summed E-state index contributed by atoms with van der Waals surface area (Å²) in [6.45, 7) is 4.68. The number of benzene rings is 2. The van der Waals surface area contributed by atoms with Gasteiger partial charge in [0.2, 0.25) is 15.9 Å². The van der Waals surface area contributed by atoms with Gasteiger partial charge in [0, 0.05) is 38.6 Å². The average Bonchev–Trinajstić information content (AvgIpc) is 2.95. The fraction of sp³-hybridized carbons (Fsp3) is 0.500. The number of fused-ring (bicyclic) bond motifs is 1. The fourth-order valence-corrected chi connectivity index (χ4v) is 6.08. The van der Waals surface area contributed by atoms with E-state index < -0.39 is 22.2 Å². The standard InChI is InChI=1S/C28H37N3O7S/c1-19-16-31(20(2)18-32)28(34)23-10-7-11-24(29-27(33)21-12-14-37-15-13-21)26(23)38-25(19)17-30(3)39(35,36)22-8-5-4-6-9-22/h4-11,19-21,25,32H,12-18H2,1-3H3,(H,29,33)/t19-,20+,25-/m1/s1. The molecule has 10 nitrogen and oxygen atoms in total. The topological polar surface area (TPSA) is 125 Å². The summed E-state index contributed by atoms with van der Waals surface area (Å²) < 4.78 is 39.6. The average molecular weight is 560 g/mol. The second kappa shape index (κ2) is 12.5. The van der Waals surface area contributed by atoms with Gasteiger partial charge in [-0.15, -0.1) is 0 Å². The molecular formula is C28H37N3O7S. The van der Waals surface area contributed by atoms with E-state index in [1.54, 1.807) is 48.2 Å². The van der Waals surface area contributed by atoms with Gasteiger partial charge in [0.05, 0.1) is 35.3 Å². The SMILES string of the molecule is C[C@@H]1CN([C@@H](C)CO)C(=O)c2cccc(NC(=O)C3CCOCC3)c2O[C@@H]1CN(C)S(=O)(=O)c1ccccc1. The largest absolute Gasteiger partial charge is 0.486 e. The number of carbonyl (C=O) groups excluding carboxylic acids is 2. The highest BCUT2D eigenvalue weighted by Gasteiger charge is 2.36. The van der Waals surface area contributed by atoms with Crippen LogP contribution in [-0.4, -0.2) is 86.6 Å². The Morgan fingerprint density at radius 2 is 1.85 bits per heavy atom. The summed E-state index contributed by atoms with van der Waals surface area (Å²) in [5, 5.41) is 12.8. The Labute approximate surface area is 229 Å². The number of carbonyl (C=O) groups is 2. The van der Waals surface area contributed by atoms with Crippen LogP contribution < -0.4 is 10.1 Å². The molecular weight excluding hydrogens is 522 g/mol. The van der Waals surface area contributed by atoms with Gasteiger partial charge >= 0.3 is 0 Å². The maximum absolute atomic E-state index is 13.6. The van der Waals surface area contributed by atoms with Gasteiger partial charge < -0.3 is 24.8 Å². The fourth-order valence-electron chi connectivity index (χ4n) is 4.88. The summed E-state index contributed by atoms with van der Waals surface area (Å²) >= 11 is 0. The van der Waals surface area contributed by atoms with Gasteiger partial charge in [-0.25, -0.2) is 8.42 Å². The Morgan fingerprint density at radius 3 is 2.51 bits per heavy atom. The molecule has 0 bridgehead atoms. The van der Waals surface area contributed by atoms with E-state index in [1.165, 1.54) is 23.5 Å². The number of rotatable bonds is 8. The number of hydrogen-bond acceptors (Lipinski definition) is 7. The van der Waals surface area contributed by atoms with Crippen molar-refractivity contribution in [1.29, 1.82) is 0 Å². The number of aliphatic hydroxyl groups excluding tert-OH is 1. The van der Waals surface area contributed by atoms with Gasteiger partial charge in [-0.2, -0.15) is 4.31 Å². The van der Waals surface area contributed by atoms with E-state index in [2.05, 4.69) is 5.32 Å². The van der Waals surface area contributed by atoms with Gasteiger partial charge in [-0.3, -0.25) is 9.59 Å². The highest BCUT2D eigenvalue weighted by molar-refractivity contribution is 7.89. The first-order valence-electron chi connectivity index (χ1n) is 13.2. The Kier molecular flexibility index (Phi) is 9.27. The number of amides is 2. The molecule has 2 aromatic carbocycles. The van der Waals surface area contributed by atoms with Crippen LogP contribution in [0.2, 0.25) is 0 Å². The minimum absolute atomic E-state index is 0.00954. The number of ether oxygens (including phenoxy) is 2. The quantitative estimate of drug-likeness (QED) is 0.509. The molecule has 1 fully saturated rings. The van der Waals surface area contributed by atoms with Crippen LogP contribution in [0.1, 0.15) is 37.0 Å². The summed E-state index contributed by atoms with van der Waals surface area (Å²) in [6, 6.07) is 12.7. The first-order chi connectivity index (χ1) is 18.6. The molecule has 0 spiro atoms. The van der Waals surface area contributed by atoms with Crippen LogP contribution in [0.4, 0.5) is 5.69 Å². The number of likely N-dealkylation sites (N-methyl/N-ethyl adjacent to an activating group) is 1. The first kappa shape index (κ1) is 29.0. The van der Waals surface area contributed by atoms with Crippen LogP contribution in [0.3, 0.4) is 0 Å². The third-order valence-electron chi connectivity index (χ3n) is 7.43. The van der Waals surface area contributed by atoms with Crippen molar-refractivity contribution in [2.75, 3.05) is 45.3 Å². The summed E-state index contributed by atoms with van der Waals surface area (Å²) in [5.41, 5.74) is 0.590. The lowest BCUT2D eigenvalue weighted by atomic mass is 9.98. The maximum atomic E-state index is 13.6. The predicted molar refractivity (Wildman–Crippen MR) is 146 cm³/mol. The minimum atomic E-state index is -3.80. The van der Waals surface area contributed by atoms with Crippen LogP contribution in [0.5, 0.6) is 5.75 Å². The normalized spacial score (nSPS) is 21.5. The Hall–Kier alpha value is -2.99. The van der Waals surface area contributed by atoms with Crippen LogP contribution in [0.25, 0.3) is 0 Å². The zero-order chi connectivity index (χ0) is 28.2. The molecule has 3 atom stereocenters. The van der Waals surface area contributed by atoms with Crippen molar-refractivity contribution in [2.24, 2.45) is 11.8 Å². The van der Waals surface area contributed by atoms with E-state index in [0.717, 1.165) is 0 Å². The molecule has 2 aromatic rings. The number of aliphatic hydroxyl groups is 1. The molecule has 11 heteroatoms. The molecule has 0 saturated carbocycles. The third kappa shape index (κ3) is 6.43. The van der Waals surface area contributed by atoms with Crippen molar-refractivity contribution in [1.82, 2.24) is 9.21 Å². The first-order valence-corrected chi connectivity index (χ1v) is 14.7. The lowest BCUT2D eigenvalue weighted by Crippen LogP contribution is -2.50. The number of sulfonamides is 1. The molecule has 2 amide bonds. The molecule has 0 aromatic heterocycles. The summed E-state index contributed by atoms with van der Waals surface area (Å²) in [5.74, 6) is -0.839. The van der Waals surface area contributed by atoms with E-state index in [1.807, 2.05) is 6.92 Å². The molecule has 0 aliphatic carbocycles. The van der Waals surface area contributed by atoms with Crippen LogP contribution in [0, 0.1) is 11.8 Å². The number of hydrogen-bond donors (Lipinski definition) is 2. The molecule has 39 heavy (non-hydrogen) atoms. The Balaban J connectivity index is 1.69. The highest BCUT2D eigenvalue weighted by atomic mass is 32.2. The smallest absolute Gasteiger partial charge is 0.258 e. The molecule has 0 radical (unpaired) electrons. The van der Waals surface area contributed by atoms with Crippen molar-refractivity contribution in [3.05, 3.63) is 54.1 Å². The maximum Gasteiger partial charge on any atom is 0.258 e. The van der Waals surface area contributed by atoms with Gasteiger partial charge in [-0.1, -0.05) is 31.2 Å². The molecule has 2 N–H and O–H groups in total. The van der Waals surface area contributed by atoms with Crippen molar-refractivity contribution in [3.63, 3.8) is 0 Å². The van der Waals surface area contributed by atoms with Crippen LogP contribution in [-0.2, 0) is 19.6 Å². The van der Waals surface area contributed by atoms with Crippen molar-refractivity contribution < 1.29 is 32.6 Å². The molecule has 212 valence electrons. The predicted octanol–water partition coefficient (Wildman–Crippen LogP) is 2.59. The number of nitrogens with one attached hydrogen (secondary N) is 1. The van der Waals surface area contributed by atoms with E-state index in [-0.39, 0.29) is 59.6 Å². The summed E-state index contributed by atoms with van der Waals surface area (Å²) in [7, 11) is -2.30. The van der Waals surface area contributed by atoms with Crippen LogP contribution >= 0.6 is 0 Å². The summed E-state index contributed by atoms with van der Waals surface area (Å²) in [6.07, 6.45) is 0.545. The zero-order valence-electron chi connectivity index (χ0n) is 22.6. The lowest BCUT2D eigenvalue weighted by Gasteiger charge is -2.38. The minimum Gasteiger partial charge on any atom is -0.486 e. The molecule has 0 unspecified atom stereocenters. The summed E-state index contributed by atoms with van der Waals surface area (Å²) in [4.78, 5) is 28.5.